The molecule has 0 saturated heterocycles. The third-order valence-corrected chi connectivity index (χ3v) is 4.63. The Labute approximate surface area is 153 Å². The van der Waals surface area contributed by atoms with E-state index < -0.39 is 0 Å². The Morgan fingerprint density at radius 3 is 2.60 bits per heavy atom. The summed E-state index contributed by atoms with van der Waals surface area (Å²) < 4.78 is 2.16. The number of carbonyl (C=O) groups is 1. The van der Waals surface area contributed by atoms with Crippen molar-refractivity contribution in [2.75, 3.05) is 18.1 Å². The van der Waals surface area contributed by atoms with Crippen LogP contribution in [0, 0.1) is 6.92 Å². The van der Waals surface area contributed by atoms with Crippen molar-refractivity contribution in [3.05, 3.63) is 35.7 Å². The Morgan fingerprint density at radius 2 is 1.92 bits per heavy atom. The molecule has 0 saturated carbocycles. The van der Waals surface area contributed by atoms with Gasteiger partial charge in [-0.05, 0) is 45.1 Å². The summed E-state index contributed by atoms with van der Waals surface area (Å²) in [6.07, 6.45) is 6.00. The van der Waals surface area contributed by atoms with E-state index in [2.05, 4.69) is 32.3 Å². The largest absolute Gasteiger partial charge is 0.338 e. The number of nitrogens with zero attached hydrogens (tertiary/aromatic N) is 3. The molecule has 2 amide bonds. The first-order chi connectivity index (χ1) is 12.1. The lowest BCUT2D eigenvalue weighted by Crippen LogP contribution is -2.29. The fourth-order valence-corrected chi connectivity index (χ4v) is 3.15. The number of anilines is 1. The van der Waals surface area contributed by atoms with Gasteiger partial charge in [-0.15, -0.1) is 10.2 Å². The number of thioether (sulfide) groups is 1. The van der Waals surface area contributed by atoms with Crippen LogP contribution in [0.25, 0.3) is 0 Å². The molecular weight excluding hydrogens is 334 g/mol. The van der Waals surface area contributed by atoms with Crippen molar-refractivity contribution in [3.8, 4) is 0 Å². The van der Waals surface area contributed by atoms with E-state index in [0.29, 0.717) is 6.54 Å². The van der Waals surface area contributed by atoms with E-state index in [4.69, 9.17) is 0 Å². The van der Waals surface area contributed by atoms with E-state index in [1.54, 1.807) is 11.8 Å². The number of unbranched alkanes of at least 4 members (excludes halogenated alkanes) is 2. The number of aryl methyl sites for hydroxylation is 2. The minimum absolute atomic E-state index is 0.154. The van der Waals surface area contributed by atoms with Crippen molar-refractivity contribution in [3.63, 3.8) is 0 Å². The van der Waals surface area contributed by atoms with Crippen LogP contribution in [-0.4, -0.2) is 33.6 Å². The third-order valence-electron chi connectivity index (χ3n) is 3.96. The van der Waals surface area contributed by atoms with Gasteiger partial charge in [0.1, 0.15) is 5.82 Å². The zero-order valence-corrected chi connectivity index (χ0v) is 16.0. The lowest BCUT2D eigenvalue weighted by Gasteiger charge is -2.08. The molecule has 1 heterocycles. The van der Waals surface area contributed by atoms with Gasteiger partial charge in [-0.2, -0.15) is 0 Å². The molecule has 136 valence electrons. The highest BCUT2D eigenvalue weighted by molar-refractivity contribution is 7.98. The number of aromatic nitrogens is 3. The Bertz CT molecular complexity index is 669. The smallest absolute Gasteiger partial charge is 0.319 e. The lowest BCUT2D eigenvalue weighted by molar-refractivity contribution is 0.252. The first-order valence-electron chi connectivity index (χ1n) is 8.71. The Morgan fingerprint density at radius 1 is 1.16 bits per heavy atom. The number of nitrogens with one attached hydrogen (secondary N) is 2. The van der Waals surface area contributed by atoms with Crippen LogP contribution in [0.5, 0.6) is 0 Å². The van der Waals surface area contributed by atoms with Crippen molar-refractivity contribution >= 4 is 23.5 Å². The summed E-state index contributed by atoms with van der Waals surface area (Å²) in [4.78, 5) is 11.8. The number of rotatable bonds is 9. The molecule has 0 unspecified atom stereocenters. The number of hydrogen-bond acceptors (Lipinski definition) is 4. The molecule has 1 aromatic heterocycles. The number of benzene rings is 1. The molecule has 1 aromatic carbocycles. The summed E-state index contributed by atoms with van der Waals surface area (Å²) in [7, 11) is 0. The Hall–Kier alpha value is -2.02. The van der Waals surface area contributed by atoms with Gasteiger partial charge in [0, 0.05) is 25.2 Å². The fourth-order valence-electron chi connectivity index (χ4n) is 2.57. The number of hydrogen-bond donors (Lipinski definition) is 2. The second-order valence-electron chi connectivity index (χ2n) is 5.90. The summed E-state index contributed by atoms with van der Waals surface area (Å²) >= 11 is 1.63. The van der Waals surface area contributed by atoms with Gasteiger partial charge in [0.25, 0.3) is 0 Å². The van der Waals surface area contributed by atoms with Gasteiger partial charge in [-0.3, -0.25) is 0 Å². The monoisotopic (exact) mass is 361 g/mol. The molecule has 2 rings (SSSR count). The van der Waals surface area contributed by atoms with Crippen LogP contribution >= 0.6 is 11.8 Å². The first-order valence-corrected chi connectivity index (χ1v) is 9.94. The SMILES string of the molecule is CCn1c(CCCCCNC(=O)Nc2ccc(C)cc2)nnc1SC. The maximum atomic E-state index is 11.8. The Balaban J connectivity index is 1.61. The van der Waals surface area contributed by atoms with Crippen molar-refractivity contribution in [2.45, 2.75) is 51.2 Å². The molecule has 0 bridgehead atoms. The normalized spacial score (nSPS) is 10.7. The second-order valence-corrected chi connectivity index (χ2v) is 6.68. The number of amides is 2. The molecule has 0 aliphatic carbocycles. The highest BCUT2D eigenvalue weighted by Crippen LogP contribution is 2.15. The van der Waals surface area contributed by atoms with E-state index >= 15 is 0 Å². The molecule has 7 heteroatoms. The quantitative estimate of drug-likeness (QED) is 0.525. The summed E-state index contributed by atoms with van der Waals surface area (Å²) in [6.45, 7) is 5.71. The molecule has 0 aliphatic rings. The van der Waals surface area contributed by atoms with Crippen molar-refractivity contribution in [1.82, 2.24) is 20.1 Å². The van der Waals surface area contributed by atoms with Gasteiger partial charge in [-0.1, -0.05) is 35.9 Å². The second kappa shape index (κ2) is 10.1. The molecule has 0 aliphatic heterocycles. The van der Waals surface area contributed by atoms with Crippen LogP contribution < -0.4 is 10.6 Å². The van der Waals surface area contributed by atoms with Gasteiger partial charge < -0.3 is 15.2 Å². The van der Waals surface area contributed by atoms with E-state index in [0.717, 1.165) is 48.9 Å². The predicted molar refractivity (Wildman–Crippen MR) is 103 cm³/mol. The highest BCUT2D eigenvalue weighted by atomic mass is 32.2. The number of carbonyl (C=O) groups excluding carboxylic acids is 1. The maximum absolute atomic E-state index is 11.8. The lowest BCUT2D eigenvalue weighted by atomic mass is 10.2. The van der Waals surface area contributed by atoms with Crippen molar-refractivity contribution < 1.29 is 4.79 Å². The molecule has 0 radical (unpaired) electrons. The van der Waals surface area contributed by atoms with Crippen molar-refractivity contribution in [1.29, 1.82) is 0 Å². The zero-order chi connectivity index (χ0) is 18.1. The summed E-state index contributed by atoms with van der Waals surface area (Å²) in [6, 6.07) is 7.61. The zero-order valence-electron chi connectivity index (χ0n) is 15.2. The molecule has 2 N–H and O–H groups in total. The van der Waals surface area contributed by atoms with Crippen LogP contribution in [0.15, 0.2) is 29.4 Å². The predicted octanol–water partition coefficient (Wildman–Crippen LogP) is 3.86. The fraction of sp³-hybridized carbons (Fsp3) is 0.500. The Kier molecular flexibility index (Phi) is 7.78. The van der Waals surface area contributed by atoms with Crippen LogP contribution in [0.1, 0.15) is 37.6 Å². The van der Waals surface area contributed by atoms with Gasteiger partial charge in [0.2, 0.25) is 0 Å². The van der Waals surface area contributed by atoms with Gasteiger partial charge in [0.15, 0.2) is 5.16 Å². The van der Waals surface area contributed by atoms with E-state index in [-0.39, 0.29) is 6.03 Å². The van der Waals surface area contributed by atoms with Crippen molar-refractivity contribution in [2.24, 2.45) is 0 Å². The molecule has 2 aromatic rings. The molecule has 25 heavy (non-hydrogen) atoms. The topological polar surface area (TPSA) is 71.8 Å². The van der Waals surface area contributed by atoms with Crippen LogP contribution in [0.3, 0.4) is 0 Å². The molecule has 6 nitrogen and oxygen atoms in total. The molecule has 0 spiro atoms. The third kappa shape index (κ3) is 6.08. The van der Waals surface area contributed by atoms with Crippen LogP contribution in [0.4, 0.5) is 10.5 Å². The standard InChI is InChI=1S/C18H27N5OS/c1-4-23-16(21-22-18(23)25-3)8-6-5-7-13-19-17(24)20-15-11-9-14(2)10-12-15/h9-12H,4-8,13H2,1-3H3,(H2,19,20,24). The van der Waals surface area contributed by atoms with E-state index in [1.165, 1.54) is 5.56 Å². The van der Waals surface area contributed by atoms with E-state index in [9.17, 15) is 4.79 Å². The summed E-state index contributed by atoms with van der Waals surface area (Å²) in [5.41, 5.74) is 1.99. The average Bonchev–Trinajstić information content (AvgIpc) is 3.02. The van der Waals surface area contributed by atoms with Gasteiger partial charge in [0.05, 0.1) is 0 Å². The summed E-state index contributed by atoms with van der Waals surface area (Å²) in [5.74, 6) is 1.05. The van der Waals surface area contributed by atoms with E-state index in [1.807, 2.05) is 37.4 Å². The van der Waals surface area contributed by atoms with Gasteiger partial charge in [-0.25, -0.2) is 4.79 Å². The highest BCUT2D eigenvalue weighted by Gasteiger charge is 2.09. The van der Waals surface area contributed by atoms with Gasteiger partial charge >= 0.3 is 6.03 Å². The first kappa shape index (κ1) is 19.3. The number of urea groups is 1. The minimum atomic E-state index is -0.154. The summed E-state index contributed by atoms with van der Waals surface area (Å²) in [5, 5.41) is 15.2. The maximum Gasteiger partial charge on any atom is 0.319 e. The molecule has 0 atom stereocenters. The molecule has 0 fully saturated rings. The average molecular weight is 362 g/mol. The van der Waals surface area contributed by atoms with Crippen LogP contribution in [-0.2, 0) is 13.0 Å². The minimum Gasteiger partial charge on any atom is -0.338 e. The van der Waals surface area contributed by atoms with Crippen LogP contribution in [0.2, 0.25) is 0 Å². The molecular formula is C18H27N5OS.